The zero-order valence-corrected chi connectivity index (χ0v) is 8.11. The number of rotatable bonds is 2. The molecule has 0 saturated carbocycles. The molecule has 0 radical (unpaired) electrons. The third kappa shape index (κ3) is 1.78. The summed E-state index contributed by atoms with van der Waals surface area (Å²) in [6.45, 7) is 8.38. The zero-order chi connectivity index (χ0) is 9.14. The van der Waals surface area contributed by atoms with Gasteiger partial charge in [0.2, 0.25) is 0 Å². The molecule has 0 N–H and O–H groups in total. The largest absolute Gasteiger partial charge is 0.384 e. The van der Waals surface area contributed by atoms with Crippen LogP contribution in [0.3, 0.4) is 0 Å². The van der Waals surface area contributed by atoms with Crippen molar-refractivity contribution in [2.75, 3.05) is 0 Å². The molecule has 0 unspecified atom stereocenters. The maximum atomic E-state index is 5.34. The van der Waals surface area contributed by atoms with E-state index in [1.165, 1.54) is 0 Å². The first kappa shape index (κ1) is 9.10. The van der Waals surface area contributed by atoms with Crippen LogP contribution in [-0.2, 0) is 4.84 Å². The van der Waals surface area contributed by atoms with Crippen molar-refractivity contribution in [2.45, 2.75) is 33.7 Å². The van der Waals surface area contributed by atoms with Gasteiger partial charge < -0.3 is 4.84 Å². The molecule has 1 rings (SSSR count). The van der Waals surface area contributed by atoms with Gasteiger partial charge in [0, 0.05) is 5.92 Å². The first-order valence-corrected chi connectivity index (χ1v) is 4.31. The van der Waals surface area contributed by atoms with E-state index in [9.17, 15) is 0 Å². The van der Waals surface area contributed by atoms with Crippen molar-refractivity contribution in [2.24, 2.45) is 10.9 Å². The van der Waals surface area contributed by atoms with E-state index in [1.54, 1.807) is 12.5 Å². The number of aliphatic imine (C=N–C) groups is 1. The SMILES string of the molecule is CC(C)C1=NC=CON1C(C)C. The van der Waals surface area contributed by atoms with Gasteiger partial charge in [-0.3, -0.25) is 0 Å². The minimum absolute atomic E-state index is 0.330. The molecular weight excluding hydrogens is 152 g/mol. The number of hydrogen-bond donors (Lipinski definition) is 0. The highest BCUT2D eigenvalue weighted by Gasteiger charge is 2.20. The standard InChI is InChI=1S/C9H16N2O/c1-7(2)9-10-5-6-12-11(9)8(3)4/h5-8H,1-4H3. The van der Waals surface area contributed by atoms with E-state index < -0.39 is 0 Å². The van der Waals surface area contributed by atoms with Gasteiger partial charge in [0.1, 0.15) is 12.1 Å². The van der Waals surface area contributed by atoms with Gasteiger partial charge in [-0.15, -0.1) is 0 Å². The Morgan fingerprint density at radius 2 is 2.00 bits per heavy atom. The summed E-state index contributed by atoms with van der Waals surface area (Å²) in [4.78, 5) is 9.60. The second-order valence-electron chi connectivity index (χ2n) is 3.45. The average molecular weight is 168 g/mol. The molecule has 0 aliphatic carbocycles. The summed E-state index contributed by atoms with van der Waals surface area (Å²) < 4.78 is 0. The minimum Gasteiger partial charge on any atom is -0.384 e. The second-order valence-corrected chi connectivity index (χ2v) is 3.45. The van der Waals surface area contributed by atoms with Crippen molar-refractivity contribution in [3.63, 3.8) is 0 Å². The van der Waals surface area contributed by atoms with E-state index in [4.69, 9.17) is 4.84 Å². The van der Waals surface area contributed by atoms with Crippen LogP contribution in [0.4, 0.5) is 0 Å². The van der Waals surface area contributed by atoms with E-state index in [1.807, 2.05) is 5.06 Å². The molecule has 0 aromatic heterocycles. The highest BCUT2D eigenvalue weighted by Crippen LogP contribution is 2.12. The summed E-state index contributed by atoms with van der Waals surface area (Å²) in [6, 6.07) is 0.330. The number of hydroxylamine groups is 2. The van der Waals surface area contributed by atoms with Crippen LogP contribution in [0, 0.1) is 5.92 Å². The lowest BCUT2D eigenvalue weighted by Gasteiger charge is -2.30. The normalized spacial score (nSPS) is 16.8. The maximum Gasteiger partial charge on any atom is 0.142 e. The van der Waals surface area contributed by atoms with Gasteiger partial charge in [0.05, 0.1) is 12.2 Å². The van der Waals surface area contributed by atoms with Crippen LogP contribution < -0.4 is 0 Å². The molecule has 1 aliphatic heterocycles. The Morgan fingerprint density at radius 1 is 1.33 bits per heavy atom. The van der Waals surface area contributed by atoms with Gasteiger partial charge in [-0.05, 0) is 13.8 Å². The number of amidine groups is 1. The molecular formula is C9H16N2O. The van der Waals surface area contributed by atoms with Crippen molar-refractivity contribution in [3.05, 3.63) is 12.5 Å². The van der Waals surface area contributed by atoms with Gasteiger partial charge in [-0.2, -0.15) is 5.06 Å². The summed E-state index contributed by atoms with van der Waals surface area (Å²) in [6.07, 6.45) is 3.29. The fourth-order valence-corrected chi connectivity index (χ4v) is 1.10. The molecule has 0 fully saturated rings. The Labute approximate surface area is 73.7 Å². The molecule has 0 bridgehead atoms. The fraction of sp³-hybridized carbons (Fsp3) is 0.667. The molecule has 3 nitrogen and oxygen atoms in total. The molecule has 0 aromatic rings. The Balaban J connectivity index is 2.77. The minimum atomic E-state index is 0.330. The Hall–Kier alpha value is -0.990. The summed E-state index contributed by atoms with van der Waals surface area (Å²) in [5, 5.41) is 1.84. The average Bonchev–Trinajstić information content (AvgIpc) is 2.04. The lowest BCUT2D eigenvalue weighted by Crippen LogP contribution is -2.39. The fourth-order valence-electron chi connectivity index (χ4n) is 1.10. The predicted octanol–water partition coefficient (Wildman–Crippen LogP) is 2.17. The molecule has 1 heterocycles. The van der Waals surface area contributed by atoms with Crippen LogP contribution in [0.2, 0.25) is 0 Å². The van der Waals surface area contributed by atoms with Gasteiger partial charge in [0.15, 0.2) is 0 Å². The van der Waals surface area contributed by atoms with Crippen molar-refractivity contribution >= 4 is 5.84 Å². The Bertz CT molecular complexity index is 207. The van der Waals surface area contributed by atoms with Crippen molar-refractivity contribution in [3.8, 4) is 0 Å². The maximum absolute atomic E-state index is 5.34. The molecule has 1 aliphatic rings. The molecule has 12 heavy (non-hydrogen) atoms. The topological polar surface area (TPSA) is 24.8 Å². The highest BCUT2D eigenvalue weighted by molar-refractivity contribution is 5.84. The van der Waals surface area contributed by atoms with Crippen LogP contribution >= 0.6 is 0 Å². The summed E-state index contributed by atoms with van der Waals surface area (Å²) >= 11 is 0. The third-order valence-corrected chi connectivity index (χ3v) is 1.65. The summed E-state index contributed by atoms with van der Waals surface area (Å²) in [5.74, 6) is 1.39. The predicted molar refractivity (Wildman–Crippen MR) is 49.5 cm³/mol. The summed E-state index contributed by atoms with van der Waals surface area (Å²) in [5.41, 5.74) is 0. The van der Waals surface area contributed by atoms with Gasteiger partial charge in [-0.1, -0.05) is 13.8 Å². The molecule has 0 atom stereocenters. The summed E-state index contributed by atoms with van der Waals surface area (Å²) in [7, 11) is 0. The van der Waals surface area contributed by atoms with Crippen LogP contribution in [0.5, 0.6) is 0 Å². The lowest BCUT2D eigenvalue weighted by molar-refractivity contribution is -0.0651. The molecule has 68 valence electrons. The van der Waals surface area contributed by atoms with Gasteiger partial charge in [-0.25, -0.2) is 4.99 Å². The van der Waals surface area contributed by atoms with Crippen LogP contribution in [0.15, 0.2) is 17.5 Å². The van der Waals surface area contributed by atoms with Crippen molar-refractivity contribution < 1.29 is 4.84 Å². The lowest BCUT2D eigenvalue weighted by atomic mass is 10.2. The first-order valence-electron chi connectivity index (χ1n) is 4.31. The monoisotopic (exact) mass is 168 g/mol. The number of nitrogens with zero attached hydrogens (tertiary/aromatic N) is 2. The molecule has 3 heteroatoms. The van der Waals surface area contributed by atoms with Crippen LogP contribution in [0.25, 0.3) is 0 Å². The Morgan fingerprint density at radius 3 is 2.42 bits per heavy atom. The molecule has 0 spiro atoms. The molecule has 0 saturated heterocycles. The second kappa shape index (κ2) is 3.61. The number of hydrogen-bond acceptors (Lipinski definition) is 3. The quantitative estimate of drug-likeness (QED) is 0.631. The Kier molecular flexibility index (Phi) is 2.74. The van der Waals surface area contributed by atoms with E-state index in [2.05, 4.69) is 32.7 Å². The third-order valence-electron chi connectivity index (χ3n) is 1.65. The van der Waals surface area contributed by atoms with E-state index in [-0.39, 0.29) is 0 Å². The van der Waals surface area contributed by atoms with Gasteiger partial charge >= 0.3 is 0 Å². The highest BCUT2D eigenvalue weighted by atomic mass is 16.7. The molecule has 0 amide bonds. The van der Waals surface area contributed by atoms with E-state index >= 15 is 0 Å². The smallest absolute Gasteiger partial charge is 0.142 e. The van der Waals surface area contributed by atoms with E-state index in [0.717, 1.165) is 5.84 Å². The van der Waals surface area contributed by atoms with E-state index in [0.29, 0.717) is 12.0 Å². The van der Waals surface area contributed by atoms with Crippen LogP contribution in [-0.4, -0.2) is 16.9 Å². The van der Waals surface area contributed by atoms with Crippen molar-refractivity contribution in [1.82, 2.24) is 5.06 Å². The molecule has 0 aromatic carbocycles. The zero-order valence-electron chi connectivity index (χ0n) is 8.11. The first-order chi connectivity index (χ1) is 5.63. The van der Waals surface area contributed by atoms with Gasteiger partial charge in [0.25, 0.3) is 0 Å². The van der Waals surface area contributed by atoms with Crippen LogP contribution in [0.1, 0.15) is 27.7 Å². The van der Waals surface area contributed by atoms with Crippen molar-refractivity contribution in [1.29, 1.82) is 0 Å².